The lowest BCUT2D eigenvalue weighted by molar-refractivity contribution is 0.0924. The summed E-state index contributed by atoms with van der Waals surface area (Å²) >= 11 is 0. The van der Waals surface area contributed by atoms with Gasteiger partial charge < -0.3 is 15.3 Å². The van der Waals surface area contributed by atoms with Crippen molar-refractivity contribution in [1.29, 1.82) is 0 Å². The van der Waals surface area contributed by atoms with E-state index in [1.165, 1.54) is 19.3 Å². The number of aliphatic hydroxyl groups is 1. The van der Waals surface area contributed by atoms with E-state index in [1.54, 1.807) is 11.9 Å². The molecule has 19 heavy (non-hydrogen) atoms. The summed E-state index contributed by atoms with van der Waals surface area (Å²) < 4.78 is 0. The summed E-state index contributed by atoms with van der Waals surface area (Å²) in [4.78, 5) is 16.0. The van der Waals surface area contributed by atoms with Gasteiger partial charge in [0.25, 0.3) is 0 Å². The van der Waals surface area contributed by atoms with Crippen LogP contribution in [0.15, 0.2) is 0 Å². The third-order valence-electron chi connectivity index (χ3n) is 4.13. The minimum atomic E-state index is -0.155. The monoisotopic (exact) mass is 271 g/mol. The number of hydrogen-bond donors (Lipinski definition) is 2. The summed E-state index contributed by atoms with van der Waals surface area (Å²) in [5.41, 5.74) is -0.0145. The molecule has 0 aromatic rings. The van der Waals surface area contributed by atoms with E-state index >= 15 is 0 Å². The molecule has 5 heteroatoms. The number of piperidine rings is 1. The molecular formula is C14H29N3O2. The molecule has 0 aromatic heterocycles. The lowest BCUT2D eigenvalue weighted by atomic mass is 9.98. The van der Waals surface area contributed by atoms with Crippen molar-refractivity contribution in [3.05, 3.63) is 0 Å². The molecule has 2 amide bonds. The van der Waals surface area contributed by atoms with Gasteiger partial charge in [-0.2, -0.15) is 0 Å². The molecule has 0 spiro atoms. The van der Waals surface area contributed by atoms with Gasteiger partial charge in [-0.15, -0.1) is 0 Å². The molecule has 1 rings (SSSR count). The highest BCUT2D eigenvalue weighted by molar-refractivity contribution is 5.74. The first-order valence-corrected chi connectivity index (χ1v) is 7.25. The summed E-state index contributed by atoms with van der Waals surface area (Å²) in [6.07, 6.45) is 3.81. The van der Waals surface area contributed by atoms with Gasteiger partial charge in [-0.25, -0.2) is 4.79 Å². The number of carbonyl (C=O) groups is 1. The van der Waals surface area contributed by atoms with Crippen LogP contribution in [-0.2, 0) is 0 Å². The Balaban J connectivity index is 2.43. The third-order valence-corrected chi connectivity index (χ3v) is 4.13. The largest absolute Gasteiger partial charge is 0.394 e. The molecule has 1 atom stereocenters. The summed E-state index contributed by atoms with van der Waals surface area (Å²) in [6.45, 7) is 9.03. The van der Waals surface area contributed by atoms with Crippen molar-refractivity contribution < 1.29 is 9.90 Å². The van der Waals surface area contributed by atoms with Crippen molar-refractivity contribution in [3.8, 4) is 0 Å². The van der Waals surface area contributed by atoms with Crippen LogP contribution in [0.4, 0.5) is 4.79 Å². The maximum Gasteiger partial charge on any atom is 0.317 e. The van der Waals surface area contributed by atoms with Crippen molar-refractivity contribution >= 4 is 6.03 Å². The average molecular weight is 271 g/mol. The molecule has 1 fully saturated rings. The Bertz CT molecular complexity index is 288. The van der Waals surface area contributed by atoms with Crippen LogP contribution in [-0.4, -0.2) is 65.8 Å². The summed E-state index contributed by atoms with van der Waals surface area (Å²) in [5.74, 6) is 0. The van der Waals surface area contributed by atoms with Crippen LogP contribution >= 0.6 is 0 Å². The minimum absolute atomic E-state index is 0.0144. The fourth-order valence-corrected chi connectivity index (χ4v) is 2.35. The summed E-state index contributed by atoms with van der Waals surface area (Å²) in [5, 5.41) is 12.0. The summed E-state index contributed by atoms with van der Waals surface area (Å²) in [7, 11) is 1.71. The molecule has 1 unspecified atom stereocenters. The second kappa shape index (κ2) is 7.10. The Morgan fingerprint density at radius 1 is 1.37 bits per heavy atom. The Labute approximate surface area is 117 Å². The number of urea groups is 1. The van der Waals surface area contributed by atoms with E-state index in [0.717, 1.165) is 13.1 Å². The molecule has 1 saturated heterocycles. The van der Waals surface area contributed by atoms with E-state index in [2.05, 4.69) is 24.1 Å². The number of likely N-dealkylation sites (N-methyl/N-ethyl adjacent to an activating group) is 1. The van der Waals surface area contributed by atoms with Crippen molar-refractivity contribution in [1.82, 2.24) is 15.1 Å². The molecule has 1 heterocycles. The van der Waals surface area contributed by atoms with Crippen molar-refractivity contribution in [2.24, 2.45) is 0 Å². The molecule has 0 bridgehead atoms. The number of likely N-dealkylation sites (tertiary alicyclic amines) is 1. The van der Waals surface area contributed by atoms with Gasteiger partial charge in [0.15, 0.2) is 0 Å². The van der Waals surface area contributed by atoms with Gasteiger partial charge in [-0.3, -0.25) is 4.90 Å². The van der Waals surface area contributed by atoms with Gasteiger partial charge in [0, 0.05) is 19.1 Å². The fraction of sp³-hybridized carbons (Fsp3) is 0.929. The van der Waals surface area contributed by atoms with E-state index in [9.17, 15) is 4.79 Å². The van der Waals surface area contributed by atoms with Gasteiger partial charge in [-0.1, -0.05) is 6.42 Å². The number of nitrogens with zero attached hydrogens (tertiary/aromatic N) is 2. The first kappa shape index (κ1) is 16.2. The molecular weight excluding hydrogens is 242 g/mol. The highest BCUT2D eigenvalue weighted by atomic mass is 16.3. The second-order valence-electron chi connectivity index (χ2n) is 6.16. The molecule has 0 radical (unpaired) electrons. The fourth-order valence-electron chi connectivity index (χ4n) is 2.35. The number of nitrogens with one attached hydrogen (secondary N) is 1. The van der Waals surface area contributed by atoms with Gasteiger partial charge in [0.05, 0.1) is 12.6 Å². The quantitative estimate of drug-likeness (QED) is 0.792. The normalized spacial score (nSPS) is 19.0. The van der Waals surface area contributed by atoms with Crippen molar-refractivity contribution in [2.45, 2.75) is 51.6 Å². The molecule has 112 valence electrons. The lowest BCUT2D eigenvalue weighted by Gasteiger charge is -2.41. The van der Waals surface area contributed by atoms with Crippen LogP contribution in [0.5, 0.6) is 0 Å². The Hall–Kier alpha value is -0.810. The molecule has 0 aliphatic carbocycles. The third kappa shape index (κ3) is 4.66. The molecule has 0 saturated carbocycles. The topological polar surface area (TPSA) is 55.8 Å². The van der Waals surface area contributed by atoms with Crippen LogP contribution < -0.4 is 5.32 Å². The standard InChI is InChI=1S/C14H29N3O2/c1-12(10-18)16(4)13(19)15-11-14(2,3)17-8-6-5-7-9-17/h12,18H,5-11H2,1-4H3,(H,15,19). The number of hydrogen-bond acceptors (Lipinski definition) is 3. The number of rotatable bonds is 5. The SMILES string of the molecule is CC(CO)N(C)C(=O)NCC(C)(C)N1CCCCC1. The maximum absolute atomic E-state index is 12.0. The number of aliphatic hydroxyl groups excluding tert-OH is 1. The van der Waals surface area contributed by atoms with Gasteiger partial charge in [0.1, 0.15) is 0 Å². The Morgan fingerprint density at radius 2 is 1.95 bits per heavy atom. The van der Waals surface area contributed by atoms with Gasteiger partial charge in [-0.05, 0) is 46.7 Å². The van der Waals surface area contributed by atoms with E-state index in [0.29, 0.717) is 6.54 Å². The molecule has 1 aliphatic heterocycles. The molecule has 1 aliphatic rings. The van der Waals surface area contributed by atoms with Crippen LogP contribution in [0.1, 0.15) is 40.0 Å². The Morgan fingerprint density at radius 3 is 2.47 bits per heavy atom. The average Bonchev–Trinajstić information content (AvgIpc) is 2.44. The zero-order valence-electron chi connectivity index (χ0n) is 12.8. The summed E-state index contributed by atoms with van der Waals surface area (Å²) in [6, 6.07) is -0.273. The van der Waals surface area contributed by atoms with Gasteiger partial charge in [0.2, 0.25) is 0 Å². The second-order valence-corrected chi connectivity index (χ2v) is 6.16. The zero-order chi connectivity index (χ0) is 14.5. The minimum Gasteiger partial charge on any atom is -0.394 e. The zero-order valence-corrected chi connectivity index (χ0v) is 12.8. The smallest absolute Gasteiger partial charge is 0.317 e. The first-order valence-electron chi connectivity index (χ1n) is 7.25. The first-order chi connectivity index (χ1) is 8.88. The van der Waals surface area contributed by atoms with Gasteiger partial charge >= 0.3 is 6.03 Å². The number of amides is 2. The molecule has 2 N–H and O–H groups in total. The Kier molecular flexibility index (Phi) is 6.07. The van der Waals surface area contributed by atoms with E-state index in [-0.39, 0.29) is 24.2 Å². The van der Waals surface area contributed by atoms with Crippen LogP contribution in [0.3, 0.4) is 0 Å². The van der Waals surface area contributed by atoms with Crippen LogP contribution in [0.2, 0.25) is 0 Å². The molecule has 0 aromatic carbocycles. The predicted molar refractivity (Wildman–Crippen MR) is 77.2 cm³/mol. The predicted octanol–water partition coefficient (Wildman–Crippen LogP) is 1.27. The lowest BCUT2D eigenvalue weighted by Crippen LogP contribution is -2.55. The maximum atomic E-state index is 12.0. The number of carbonyl (C=O) groups excluding carboxylic acids is 1. The van der Waals surface area contributed by atoms with E-state index in [1.807, 2.05) is 6.92 Å². The van der Waals surface area contributed by atoms with Crippen LogP contribution in [0.25, 0.3) is 0 Å². The van der Waals surface area contributed by atoms with Crippen LogP contribution in [0, 0.1) is 0 Å². The van der Waals surface area contributed by atoms with Crippen molar-refractivity contribution in [2.75, 3.05) is 33.3 Å². The van der Waals surface area contributed by atoms with E-state index < -0.39 is 0 Å². The van der Waals surface area contributed by atoms with Crippen molar-refractivity contribution in [3.63, 3.8) is 0 Å². The highest BCUT2D eigenvalue weighted by Gasteiger charge is 2.28. The van der Waals surface area contributed by atoms with E-state index in [4.69, 9.17) is 5.11 Å². The highest BCUT2D eigenvalue weighted by Crippen LogP contribution is 2.19. The molecule has 5 nitrogen and oxygen atoms in total.